The van der Waals surface area contributed by atoms with E-state index in [0.29, 0.717) is 12.1 Å². The van der Waals surface area contributed by atoms with Crippen molar-refractivity contribution in [3.63, 3.8) is 0 Å². The summed E-state index contributed by atoms with van der Waals surface area (Å²) in [5, 5.41) is 3.18. The molecule has 0 aromatic rings. The number of hydrogen-bond acceptors (Lipinski definition) is 1. The third-order valence-electron chi connectivity index (χ3n) is 2.16. The Morgan fingerprint density at radius 1 is 1.50 bits per heavy atom. The fourth-order valence-electron chi connectivity index (χ4n) is 1.43. The van der Waals surface area contributed by atoms with Crippen LogP contribution in [-0.4, -0.2) is 18.3 Å². The third kappa shape index (κ3) is 0.558. The first-order chi connectivity index (χ1) is 3.81. The second kappa shape index (κ2) is 1.24. The van der Waals surface area contributed by atoms with Crippen molar-refractivity contribution in [1.29, 1.82) is 0 Å². The van der Waals surface area contributed by atoms with Crippen LogP contribution < -0.4 is 5.32 Å². The first-order valence-corrected chi connectivity index (χ1v) is 3.20. The van der Waals surface area contributed by atoms with Crippen LogP contribution in [0.5, 0.6) is 0 Å². The highest BCUT2D eigenvalue weighted by atomic mass is 19.1. The maximum atomic E-state index is 12.4. The van der Waals surface area contributed by atoms with Gasteiger partial charge < -0.3 is 5.32 Å². The van der Waals surface area contributed by atoms with E-state index in [1.54, 1.807) is 0 Å². The Morgan fingerprint density at radius 3 is 2.50 bits per heavy atom. The normalized spacial score (nSPS) is 40.9. The van der Waals surface area contributed by atoms with Crippen molar-refractivity contribution in [2.24, 2.45) is 0 Å². The molecule has 1 atom stereocenters. The molecule has 1 heterocycles. The van der Waals surface area contributed by atoms with Gasteiger partial charge in [0.05, 0.1) is 0 Å². The fourth-order valence-corrected chi connectivity index (χ4v) is 1.43. The molecule has 1 saturated heterocycles. The molecule has 0 amide bonds. The van der Waals surface area contributed by atoms with Crippen LogP contribution in [0.3, 0.4) is 0 Å². The zero-order valence-electron chi connectivity index (χ0n) is 4.78. The molecule has 1 aliphatic heterocycles. The minimum absolute atomic E-state index is 0.291. The van der Waals surface area contributed by atoms with Crippen molar-refractivity contribution in [3.05, 3.63) is 0 Å². The first-order valence-electron chi connectivity index (χ1n) is 3.20. The largest absolute Gasteiger partial charge is 0.308 e. The molecule has 0 aromatic carbocycles. The summed E-state index contributed by atoms with van der Waals surface area (Å²) >= 11 is 0. The van der Waals surface area contributed by atoms with Crippen LogP contribution in [0, 0.1) is 0 Å². The number of alkyl halides is 1. The molecule has 1 unspecified atom stereocenters. The van der Waals surface area contributed by atoms with E-state index in [1.807, 2.05) is 0 Å². The molecular weight excluding hydrogens is 105 g/mol. The summed E-state index contributed by atoms with van der Waals surface area (Å²) in [5.74, 6) is 0. The van der Waals surface area contributed by atoms with Gasteiger partial charge in [-0.05, 0) is 19.3 Å². The molecule has 1 nitrogen and oxygen atoms in total. The van der Waals surface area contributed by atoms with Crippen LogP contribution in [0.2, 0.25) is 0 Å². The number of nitrogens with one attached hydrogen (secondary N) is 1. The van der Waals surface area contributed by atoms with Gasteiger partial charge in [0.15, 0.2) is 0 Å². The lowest BCUT2D eigenvalue weighted by Crippen LogP contribution is -2.22. The summed E-state index contributed by atoms with van der Waals surface area (Å²) in [6, 6.07) is 0. The van der Waals surface area contributed by atoms with Gasteiger partial charge in [-0.2, -0.15) is 0 Å². The molecule has 1 saturated carbocycles. The maximum absolute atomic E-state index is 12.4. The van der Waals surface area contributed by atoms with Gasteiger partial charge in [0.25, 0.3) is 0 Å². The Bertz CT molecular complexity index is 109. The number of halogens is 1. The van der Waals surface area contributed by atoms with E-state index in [9.17, 15) is 4.39 Å². The van der Waals surface area contributed by atoms with E-state index >= 15 is 0 Å². The predicted molar refractivity (Wildman–Crippen MR) is 29.5 cm³/mol. The molecular formula is C6H10FN. The van der Waals surface area contributed by atoms with Gasteiger partial charge in [-0.1, -0.05) is 0 Å². The monoisotopic (exact) mass is 115 g/mol. The van der Waals surface area contributed by atoms with Crippen molar-refractivity contribution < 1.29 is 4.39 Å². The van der Waals surface area contributed by atoms with Crippen molar-refractivity contribution in [2.45, 2.75) is 31.0 Å². The van der Waals surface area contributed by atoms with Gasteiger partial charge in [0.1, 0.15) is 6.17 Å². The molecule has 0 radical (unpaired) electrons. The van der Waals surface area contributed by atoms with Crippen molar-refractivity contribution in [1.82, 2.24) is 5.32 Å². The van der Waals surface area contributed by atoms with Gasteiger partial charge in [0.2, 0.25) is 0 Å². The van der Waals surface area contributed by atoms with Crippen LogP contribution in [-0.2, 0) is 0 Å². The van der Waals surface area contributed by atoms with E-state index in [-0.39, 0.29) is 0 Å². The Balaban J connectivity index is 2.03. The van der Waals surface area contributed by atoms with Crippen molar-refractivity contribution in [3.8, 4) is 0 Å². The van der Waals surface area contributed by atoms with Gasteiger partial charge in [-0.3, -0.25) is 0 Å². The lowest BCUT2D eigenvalue weighted by molar-refractivity contribution is 0.353. The third-order valence-corrected chi connectivity index (χ3v) is 2.16. The summed E-state index contributed by atoms with van der Waals surface area (Å²) < 4.78 is 12.4. The highest BCUT2D eigenvalue weighted by Crippen LogP contribution is 2.43. The van der Waals surface area contributed by atoms with Crippen LogP contribution in [0.4, 0.5) is 4.39 Å². The highest BCUT2D eigenvalue weighted by molar-refractivity contribution is 5.07. The molecule has 1 N–H and O–H groups in total. The topological polar surface area (TPSA) is 12.0 Å². The quantitative estimate of drug-likeness (QED) is 0.493. The first kappa shape index (κ1) is 4.74. The lowest BCUT2D eigenvalue weighted by atomic mass is 10.2. The van der Waals surface area contributed by atoms with Crippen LogP contribution in [0.15, 0.2) is 0 Å². The minimum atomic E-state index is -0.558. The number of hydrogen-bond donors (Lipinski definition) is 1. The van der Waals surface area contributed by atoms with Gasteiger partial charge in [0, 0.05) is 12.1 Å². The van der Waals surface area contributed by atoms with Gasteiger partial charge >= 0.3 is 0 Å². The van der Waals surface area contributed by atoms with Crippen LogP contribution in [0.1, 0.15) is 19.3 Å². The van der Waals surface area contributed by atoms with Crippen LogP contribution in [0.25, 0.3) is 0 Å². The van der Waals surface area contributed by atoms with E-state index in [1.165, 1.54) is 12.8 Å². The summed E-state index contributed by atoms with van der Waals surface area (Å²) in [7, 11) is 0. The lowest BCUT2D eigenvalue weighted by Gasteiger charge is -2.00. The average molecular weight is 115 g/mol. The smallest absolute Gasteiger partial charge is 0.114 e. The van der Waals surface area contributed by atoms with Crippen molar-refractivity contribution >= 4 is 0 Å². The molecule has 2 fully saturated rings. The predicted octanol–water partition coefficient (Wildman–Crippen LogP) is 0.850. The van der Waals surface area contributed by atoms with E-state index in [0.717, 1.165) is 6.42 Å². The molecule has 46 valence electrons. The zero-order chi connectivity index (χ0) is 5.61. The zero-order valence-corrected chi connectivity index (χ0v) is 4.78. The Hall–Kier alpha value is -0.110. The molecule has 8 heavy (non-hydrogen) atoms. The standard InChI is InChI=1S/C6H10FN/c7-5-3-6(1-2-6)8-4-5/h5,8H,1-4H2. The van der Waals surface area contributed by atoms with E-state index in [2.05, 4.69) is 5.32 Å². The maximum Gasteiger partial charge on any atom is 0.114 e. The van der Waals surface area contributed by atoms with Gasteiger partial charge in [-0.25, -0.2) is 4.39 Å². The van der Waals surface area contributed by atoms with Crippen molar-refractivity contribution in [2.75, 3.05) is 6.54 Å². The molecule has 2 aliphatic rings. The Labute approximate surface area is 48.3 Å². The Kier molecular flexibility index (Phi) is 0.734. The fraction of sp³-hybridized carbons (Fsp3) is 1.00. The molecule has 2 heteroatoms. The molecule has 1 spiro atoms. The van der Waals surface area contributed by atoms with E-state index in [4.69, 9.17) is 0 Å². The second-order valence-electron chi connectivity index (χ2n) is 2.96. The molecule has 0 bridgehead atoms. The summed E-state index contributed by atoms with van der Waals surface area (Å²) in [6.45, 7) is 0.597. The minimum Gasteiger partial charge on any atom is -0.308 e. The SMILES string of the molecule is FC1CNC2(CC2)C1. The van der Waals surface area contributed by atoms with E-state index < -0.39 is 6.17 Å². The second-order valence-corrected chi connectivity index (χ2v) is 2.96. The molecule has 2 rings (SSSR count). The summed E-state index contributed by atoms with van der Waals surface area (Å²) in [4.78, 5) is 0. The molecule has 0 aromatic heterocycles. The van der Waals surface area contributed by atoms with Gasteiger partial charge in [-0.15, -0.1) is 0 Å². The summed E-state index contributed by atoms with van der Waals surface area (Å²) in [6.07, 6.45) is 2.62. The Morgan fingerprint density at radius 2 is 2.25 bits per heavy atom. The van der Waals surface area contributed by atoms with Crippen LogP contribution >= 0.6 is 0 Å². The summed E-state index contributed by atoms with van der Waals surface area (Å²) in [5.41, 5.74) is 0.291. The number of rotatable bonds is 0. The highest BCUT2D eigenvalue weighted by Gasteiger charge is 2.48. The average Bonchev–Trinajstić information content (AvgIpc) is 2.34. The molecule has 1 aliphatic carbocycles.